The van der Waals surface area contributed by atoms with E-state index in [1.54, 1.807) is 12.1 Å². The molecule has 0 saturated carbocycles. The molecule has 0 bridgehead atoms. The summed E-state index contributed by atoms with van der Waals surface area (Å²) in [6.07, 6.45) is 4.87. The van der Waals surface area contributed by atoms with E-state index in [0.29, 0.717) is 31.7 Å². The Morgan fingerprint density at radius 1 is 1.07 bits per heavy atom. The fourth-order valence-corrected chi connectivity index (χ4v) is 3.04. The van der Waals surface area contributed by atoms with E-state index < -0.39 is 0 Å². The fourth-order valence-electron chi connectivity index (χ4n) is 3.04. The standard InChI is InChI=1S/C21H26N4O3/c1-2-3-12-22-20(26)15-25-17-9-5-4-8-16(17)24-19(25)11-6-13-23-21(27)18-10-7-14-28-18/h4-5,7-10,14H,2-3,6,11-13,15H2,1H3,(H,22,26)(H,23,27). The van der Waals surface area contributed by atoms with Crippen molar-refractivity contribution in [2.45, 2.75) is 39.2 Å². The lowest BCUT2D eigenvalue weighted by Gasteiger charge is -2.10. The maximum atomic E-state index is 12.3. The van der Waals surface area contributed by atoms with Gasteiger partial charge >= 0.3 is 0 Å². The molecule has 148 valence electrons. The zero-order valence-corrected chi connectivity index (χ0v) is 16.1. The van der Waals surface area contributed by atoms with Gasteiger partial charge in [-0.3, -0.25) is 9.59 Å². The SMILES string of the molecule is CCCCNC(=O)Cn1c(CCCNC(=O)c2ccco2)nc2ccccc21. The summed E-state index contributed by atoms with van der Waals surface area (Å²) in [6.45, 7) is 3.54. The van der Waals surface area contributed by atoms with Crippen LogP contribution in [0, 0.1) is 0 Å². The largest absolute Gasteiger partial charge is 0.459 e. The molecule has 2 amide bonds. The molecule has 0 saturated heterocycles. The minimum atomic E-state index is -0.228. The first-order valence-electron chi connectivity index (χ1n) is 9.71. The Morgan fingerprint density at radius 2 is 1.89 bits per heavy atom. The van der Waals surface area contributed by atoms with Crippen LogP contribution in [0.4, 0.5) is 0 Å². The third-order valence-electron chi connectivity index (χ3n) is 4.50. The topological polar surface area (TPSA) is 89.2 Å². The second-order valence-electron chi connectivity index (χ2n) is 6.64. The maximum absolute atomic E-state index is 12.3. The highest BCUT2D eigenvalue weighted by Crippen LogP contribution is 2.17. The summed E-state index contributed by atoms with van der Waals surface area (Å²) >= 11 is 0. The van der Waals surface area contributed by atoms with Gasteiger partial charge in [-0.2, -0.15) is 0 Å². The number of unbranched alkanes of at least 4 members (excludes halogenated alkanes) is 1. The Balaban J connectivity index is 1.61. The summed E-state index contributed by atoms with van der Waals surface area (Å²) in [6, 6.07) is 11.1. The molecule has 7 heteroatoms. The van der Waals surface area contributed by atoms with Crippen molar-refractivity contribution in [3.63, 3.8) is 0 Å². The number of para-hydroxylation sites is 2. The highest BCUT2D eigenvalue weighted by molar-refractivity contribution is 5.91. The van der Waals surface area contributed by atoms with Crippen molar-refractivity contribution in [1.29, 1.82) is 0 Å². The third-order valence-corrected chi connectivity index (χ3v) is 4.50. The molecule has 0 fully saturated rings. The van der Waals surface area contributed by atoms with Crippen LogP contribution in [0.5, 0.6) is 0 Å². The van der Waals surface area contributed by atoms with Gasteiger partial charge in [0.15, 0.2) is 5.76 Å². The van der Waals surface area contributed by atoms with Crippen LogP contribution in [0.25, 0.3) is 11.0 Å². The molecular weight excluding hydrogens is 356 g/mol. The van der Waals surface area contributed by atoms with Gasteiger partial charge in [0.05, 0.1) is 17.3 Å². The number of benzene rings is 1. The predicted molar refractivity (Wildman–Crippen MR) is 107 cm³/mol. The average molecular weight is 382 g/mol. The number of imidazole rings is 1. The zero-order chi connectivity index (χ0) is 19.8. The molecule has 0 unspecified atom stereocenters. The number of aromatic nitrogens is 2. The average Bonchev–Trinajstić information content (AvgIpc) is 3.34. The van der Waals surface area contributed by atoms with Gasteiger partial charge in [0, 0.05) is 19.5 Å². The van der Waals surface area contributed by atoms with E-state index in [4.69, 9.17) is 4.42 Å². The Bertz CT molecular complexity index is 915. The van der Waals surface area contributed by atoms with Crippen molar-refractivity contribution in [1.82, 2.24) is 20.2 Å². The van der Waals surface area contributed by atoms with Crippen LogP contribution < -0.4 is 10.6 Å². The second-order valence-corrected chi connectivity index (χ2v) is 6.64. The molecule has 0 aliphatic heterocycles. The van der Waals surface area contributed by atoms with Crippen molar-refractivity contribution < 1.29 is 14.0 Å². The Kier molecular flexibility index (Phi) is 6.84. The smallest absolute Gasteiger partial charge is 0.286 e. The number of carbonyl (C=O) groups is 2. The van der Waals surface area contributed by atoms with Gasteiger partial charge in [-0.25, -0.2) is 4.98 Å². The molecule has 0 aliphatic carbocycles. The van der Waals surface area contributed by atoms with Gasteiger partial charge in [0.25, 0.3) is 5.91 Å². The van der Waals surface area contributed by atoms with Crippen molar-refractivity contribution in [2.24, 2.45) is 0 Å². The number of fused-ring (bicyclic) bond motifs is 1. The van der Waals surface area contributed by atoms with Crippen LogP contribution in [-0.2, 0) is 17.8 Å². The number of hydrogen-bond acceptors (Lipinski definition) is 4. The molecule has 2 N–H and O–H groups in total. The van der Waals surface area contributed by atoms with E-state index in [9.17, 15) is 9.59 Å². The number of amides is 2. The van der Waals surface area contributed by atoms with Crippen molar-refractivity contribution in [3.05, 3.63) is 54.2 Å². The minimum Gasteiger partial charge on any atom is -0.459 e. The molecule has 2 aromatic heterocycles. The first-order valence-corrected chi connectivity index (χ1v) is 9.71. The summed E-state index contributed by atoms with van der Waals surface area (Å²) in [5.74, 6) is 0.910. The van der Waals surface area contributed by atoms with Gasteiger partial charge < -0.3 is 19.6 Å². The van der Waals surface area contributed by atoms with Crippen LogP contribution >= 0.6 is 0 Å². The molecule has 2 heterocycles. The number of nitrogens with zero attached hydrogens (tertiary/aromatic N) is 2. The van der Waals surface area contributed by atoms with E-state index >= 15 is 0 Å². The molecule has 3 rings (SSSR count). The molecule has 0 radical (unpaired) electrons. The quantitative estimate of drug-likeness (QED) is 0.528. The molecule has 1 aromatic carbocycles. The Labute approximate surface area is 164 Å². The van der Waals surface area contributed by atoms with Gasteiger partial charge in [-0.15, -0.1) is 0 Å². The first kappa shape index (κ1) is 19.7. The second kappa shape index (κ2) is 9.73. The number of furan rings is 1. The normalized spacial score (nSPS) is 10.9. The lowest BCUT2D eigenvalue weighted by atomic mass is 10.2. The third kappa shape index (κ3) is 5.00. The molecule has 0 aliphatic rings. The van der Waals surface area contributed by atoms with Crippen LogP contribution in [0.1, 0.15) is 42.6 Å². The van der Waals surface area contributed by atoms with E-state index in [-0.39, 0.29) is 18.4 Å². The number of nitrogens with one attached hydrogen (secondary N) is 2. The Morgan fingerprint density at radius 3 is 2.68 bits per heavy atom. The molecule has 3 aromatic rings. The maximum Gasteiger partial charge on any atom is 0.286 e. The summed E-state index contributed by atoms with van der Waals surface area (Å²) in [5, 5.41) is 5.79. The number of carbonyl (C=O) groups excluding carboxylic acids is 2. The number of rotatable bonds is 10. The highest BCUT2D eigenvalue weighted by Gasteiger charge is 2.14. The summed E-state index contributed by atoms with van der Waals surface area (Å²) in [4.78, 5) is 28.9. The molecule has 0 atom stereocenters. The van der Waals surface area contributed by atoms with Crippen molar-refractivity contribution >= 4 is 22.8 Å². The van der Waals surface area contributed by atoms with Crippen LogP contribution in [0.15, 0.2) is 47.1 Å². The van der Waals surface area contributed by atoms with E-state index in [0.717, 1.165) is 29.7 Å². The van der Waals surface area contributed by atoms with E-state index in [1.165, 1.54) is 6.26 Å². The van der Waals surface area contributed by atoms with E-state index in [2.05, 4.69) is 22.5 Å². The van der Waals surface area contributed by atoms with Gasteiger partial charge in [-0.05, 0) is 37.1 Å². The van der Waals surface area contributed by atoms with Gasteiger partial charge in [0.1, 0.15) is 12.4 Å². The predicted octanol–water partition coefficient (Wildman–Crippen LogP) is 2.91. The van der Waals surface area contributed by atoms with Crippen molar-refractivity contribution in [2.75, 3.05) is 13.1 Å². The molecular formula is C21H26N4O3. The monoisotopic (exact) mass is 382 g/mol. The first-order chi connectivity index (χ1) is 13.7. The minimum absolute atomic E-state index is 0.0102. The lowest BCUT2D eigenvalue weighted by molar-refractivity contribution is -0.121. The fraction of sp³-hybridized carbons (Fsp3) is 0.381. The van der Waals surface area contributed by atoms with Crippen LogP contribution in [0.2, 0.25) is 0 Å². The summed E-state index contributed by atoms with van der Waals surface area (Å²) in [5.41, 5.74) is 1.82. The summed E-state index contributed by atoms with van der Waals surface area (Å²) < 4.78 is 7.04. The number of hydrogen-bond donors (Lipinski definition) is 2. The van der Waals surface area contributed by atoms with Gasteiger partial charge in [-0.1, -0.05) is 25.5 Å². The number of aryl methyl sites for hydroxylation is 1. The van der Waals surface area contributed by atoms with E-state index in [1.807, 2.05) is 28.8 Å². The summed E-state index contributed by atoms with van der Waals surface area (Å²) in [7, 11) is 0. The van der Waals surface area contributed by atoms with Crippen LogP contribution in [-0.4, -0.2) is 34.5 Å². The Hall–Kier alpha value is -3.09. The molecule has 7 nitrogen and oxygen atoms in total. The van der Waals surface area contributed by atoms with Gasteiger partial charge in [0.2, 0.25) is 5.91 Å². The lowest BCUT2D eigenvalue weighted by Crippen LogP contribution is -2.29. The molecule has 0 spiro atoms. The van der Waals surface area contributed by atoms with Crippen LogP contribution in [0.3, 0.4) is 0 Å². The molecule has 28 heavy (non-hydrogen) atoms. The zero-order valence-electron chi connectivity index (χ0n) is 16.1. The van der Waals surface area contributed by atoms with Crippen molar-refractivity contribution in [3.8, 4) is 0 Å². The highest BCUT2D eigenvalue weighted by atomic mass is 16.3.